The van der Waals surface area contributed by atoms with E-state index in [1.807, 2.05) is 24.3 Å². The first kappa shape index (κ1) is 16.3. The van der Waals surface area contributed by atoms with Gasteiger partial charge in [-0.3, -0.25) is 14.5 Å². The number of carbonyl (C=O) groups is 2. The van der Waals surface area contributed by atoms with Crippen molar-refractivity contribution in [3.8, 4) is 0 Å². The van der Waals surface area contributed by atoms with Crippen LogP contribution < -0.4 is 4.90 Å². The molecule has 0 radical (unpaired) electrons. The number of hydrogen-bond donors (Lipinski definition) is 1. The fourth-order valence-corrected chi connectivity index (χ4v) is 3.76. The van der Waals surface area contributed by atoms with E-state index in [2.05, 4.69) is 4.98 Å². The number of nitrogens with zero attached hydrogens (tertiary/aromatic N) is 2. The fourth-order valence-electron chi connectivity index (χ4n) is 2.85. The van der Waals surface area contributed by atoms with Crippen LogP contribution in [-0.4, -0.2) is 28.5 Å². The number of thiazole rings is 1. The van der Waals surface area contributed by atoms with E-state index >= 15 is 0 Å². The van der Waals surface area contributed by atoms with Gasteiger partial charge >= 0.3 is 5.97 Å². The van der Waals surface area contributed by atoms with E-state index in [0.29, 0.717) is 5.01 Å². The molecule has 0 atom stereocenters. The van der Waals surface area contributed by atoms with E-state index < -0.39 is 30.1 Å². The van der Waals surface area contributed by atoms with Gasteiger partial charge in [-0.1, -0.05) is 12.1 Å². The van der Waals surface area contributed by atoms with Gasteiger partial charge in [-0.15, -0.1) is 11.3 Å². The number of carboxylic acids is 1. The van der Waals surface area contributed by atoms with Crippen molar-refractivity contribution < 1.29 is 23.5 Å². The molecule has 2 aromatic carbocycles. The zero-order valence-electron chi connectivity index (χ0n) is 13.1. The van der Waals surface area contributed by atoms with Crippen molar-refractivity contribution >= 4 is 50.8 Å². The monoisotopic (exact) mass is 372 g/mol. The van der Waals surface area contributed by atoms with Gasteiger partial charge in [0, 0.05) is 11.6 Å². The lowest BCUT2D eigenvalue weighted by Crippen LogP contribution is -2.32. The number of carboxylic acid groups (broad SMARTS) is 1. The standard InChI is InChI=1S/C18H10F2N2O3S/c19-11-5-9-10(6-16-21-13-3-1-2-4-15(13)26-16)18(25)22(8-17(23)24)14(9)7-12(11)20/h1-7H,8H2,(H,23,24)/b10-6-. The van der Waals surface area contributed by atoms with Crippen LogP contribution in [0.4, 0.5) is 14.5 Å². The summed E-state index contributed by atoms with van der Waals surface area (Å²) in [5, 5.41) is 9.54. The van der Waals surface area contributed by atoms with Gasteiger partial charge in [-0.2, -0.15) is 0 Å². The highest BCUT2D eigenvalue weighted by atomic mass is 32.1. The number of hydrogen-bond acceptors (Lipinski definition) is 4. The van der Waals surface area contributed by atoms with E-state index in [9.17, 15) is 18.4 Å². The largest absolute Gasteiger partial charge is 0.480 e. The molecule has 0 aliphatic carbocycles. The molecule has 3 aromatic rings. The van der Waals surface area contributed by atoms with Crippen LogP contribution in [0.5, 0.6) is 0 Å². The lowest BCUT2D eigenvalue weighted by molar-refractivity contribution is -0.136. The van der Waals surface area contributed by atoms with E-state index in [4.69, 9.17) is 5.11 Å². The highest BCUT2D eigenvalue weighted by Crippen LogP contribution is 2.39. The number of amides is 1. The highest BCUT2D eigenvalue weighted by molar-refractivity contribution is 7.19. The molecule has 2 heterocycles. The van der Waals surface area contributed by atoms with Crippen LogP contribution in [0, 0.1) is 11.6 Å². The van der Waals surface area contributed by atoms with Crippen LogP contribution in [-0.2, 0) is 9.59 Å². The SMILES string of the molecule is O=C(O)CN1C(=O)/C(=C\c2nc3ccccc3s2)c2cc(F)c(F)cc21. The molecule has 1 aromatic heterocycles. The number of rotatable bonds is 3. The number of fused-ring (bicyclic) bond motifs is 2. The summed E-state index contributed by atoms with van der Waals surface area (Å²) < 4.78 is 28.2. The van der Waals surface area contributed by atoms with Crippen LogP contribution >= 0.6 is 11.3 Å². The van der Waals surface area contributed by atoms with Crippen LogP contribution in [0.25, 0.3) is 21.9 Å². The molecule has 0 bridgehead atoms. The maximum Gasteiger partial charge on any atom is 0.323 e. The molecule has 4 rings (SSSR count). The van der Waals surface area contributed by atoms with Crippen molar-refractivity contribution in [2.24, 2.45) is 0 Å². The lowest BCUT2D eigenvalue weighted by atomic mass is 10.1. The van der Waals surface area contributed by atoms with E-state index in [0.717, 1.165) is 27.2 Å². The molecule has 5 nitrogen and oxygen atoms in total. The Morgan fingerprint density at radius 2 is 1.96 bits per heavy atom. The molecule has 1 N–H and O–H groups in total. The predicted molar refractivity (Wildman–Crippen MR) is 93.8 cm³/mol. The topological polar surface area (TPSA) is 70.5 Å². The Bertz CT molecular complexity index is 1070. The Balaban J connectivity index is 1.87. The molecule has 0 unspecified atom stereocenters. The molecule has 26 heavy (non-hydrogen) atoms. The third-order valence-electron chi connectivity index (χ3n) is 3.97. The van der Waals surface area contributed by atoms with Crippen LogP contribution in [0.2, 0.25) is 0 Å². The number of halogens is 2. The molecule has 1 amide bonds. The van der Waals surface area contributed by atoms with Crippen molar-refractivity contribution in [3.05, 3.63) is 58.6 Å². The first-order chi connectivity index (χ1) is 12.4. The van der Waals surface area contributed by atoms with Gasteiger partial charge in [0.15, 0.2) is 11.6 Å². The van der Waals surface area contributed by atoms with Gasteiger partial charge in [0.05, 0.1) is 21.5 Å². The predicted octanol–water partition coefficient (Wildman–Crippen LogP) is 3.55. The molecule has 0 saturated carbocycles. The minimum Gasteiger partial charge on any atom is -0.480 e. The van der Waals surface area contributed by atoms with Crippen molar-refractivity contribution in [3.63, 3.8) is 0 Å². The van der Waals surface area contributed by atoms with Crippen LogP contribution in [0.15, 0.2) is 36.4 Å². The molecule has 1 aliphatic heterocycles. The average Bonchev–Trinajstić information content (AvgIpc) is 3.10. The summed E-state index contributed by atoms with van der Waals surface area (Å²) in [6, 6.07) is 9.14. The Hall–Kier alpha value is -3.13. The van der Waals surface area contributed by atoms with E-state index in [1.54, 1.807) is 0 Å². The Kier molecular flexibility index (Phi) is 3.77. The number of aliphatic carboxylic acids is 1. The van der Waals surface area contributed by atoms with Gasteiger partial charge < -0.3 is 5.11 Å². The lowest BCUT2D eigenvalue weighted by Gasteiger charge is -2.14. The van der Waals surface area contributed by atoms with Gasteiger partial charge in [0.25, 0.3) is 5.91 Å². The molecular formula is C18H10F2N2O3S. The summed E-state index contributed by atoms with van der Waals surface area (Å²) in [6.07, 6.45) is 1.48. The Morgan fingerprint density at radius 3 is 2.69 bits per heavy atom. The second-order valence-electron chi connectivity index (χ2n) is 5.65. The number of aromatic nitrogens is 1. The van der Waals surface area contributed by atoms with Crippen molar-refractivity contribution in [2.45, 2.75) is 0 Å². The van der Waals surface area contributed by atoms with Gasteiger partial charge in [0.2, 0.25) is 0 Å². The third kappa shape index (κ3) is 2.64. The second-order valence-corrected chi connectivity index (χ2v) is 6.71. The van der Waals surface area contributed by atoms with Crippen molar-refractivity contribution in [1.29, 1.82) is 0 Å². The first-order valence-corrected chi connectivity index (χ1v) is 8.36. The quantitative estimate of drug-likeness (QED) is 0.714. The zero-order valence-corrected chi connectivity index (χ0v) is 13.9. The average molecular weight is 372 g/mol. The summed E-state index contributed by atoms with van der Waals surface area (Å²) in [5.74, 6) is -4.14. The number of benzene rings is 2. The first-order valence-electron chi connectivity index (χ1n) is 7.54. The second kappa shape index (κ2) is 5.99. The maximum absolute atomic E-state index is 13.7. The van der Waals surface area contributed by atoms with Crippen LogP contribution in [0.1, 0.15) is 10.6 Å². The normalized spacial score (nSPS) is 15.1. The van der Waals surface area contributed by atoms with Crippen molar-refractivity contribution in [1.82, 2.24) is 4.98 Å². The smallest absolute Gasteiger partial charge is 0.323 e. The molecule has 0 fully saturated rings. The van der Waals surface area contributed by atoms with Crippen molar-refractivity contribution in [2.75, 3.05) is 11.4 Å². The highest BCUT2D eigenvalue weighted by Gasteiger charge is 2.35. The number of para-hydroxylation sites is 1. The summed E-state index contributed by atoms with van der Waals surface area (Å²) in [4.78, 5) is 29.0. The Morgan fingerprint density at radius 1 is 1.23 bits per heavy atom. The Labute approximate surface area is 149 Å². The van der Waals surface area contributed by atoms with E-state index in [1.165, 1.54) is 17.4 Å². The summed E-state index contributed by atoms with van der Waals surface area (Å²) >= 11 is 1.34. The molecular weight excluding hydrogens is 362 g/mol. The molecule has 8 heteroatoms. The number of anilines is 1. The summed E-state index contributed by atoms with van der Waals surface area (Å²) in [6.45, 7) is -0.645. The van der Waals surface area contributed by atoms with Gasteiger partial charge in [-0.05, 0) is 24.3 Å². The van der Waals surface area contributed by atoms with Gasteiger partial charge in [-0.25, -0.2) is 13.8 Å². The maximum atomic E-state index is 13.7. The van der Waals surface area contributed by atoms with Crippen LogP contribution in [0.3, 0.4) is 0 Å². The summed E-state index contributed by atoms with van der Waals surface area (Å²) in [5.41, 5.74) is 1.01. The van der Waals surface area contributed by atoms with Gasteiger partial charge in [0.1, 0.15) is 11.6 Å². The molecule has 0 spiro atoms. The number of carbonyl (C=O) groups excluding carboxylic acids is 1. The molecule has 130 valence electrons. The molecule has 1 aliphatic rings. The summed E-state index contributed by atoms with van der Waals surface area (Å²) in [7, 11) is 0. The zero-order chi connectivity index (χ0) is 18.4. The third-order valence-corrected chi connectivity index (χ3v) is 4.95. The minimum absolute atomic E-state index is 0.0312. The molecule has 0 saturated heterocycles. The fraction of sp³-hybridized carbons (Fsp3) is 0.0556. The van der Waals surface area contributed by atoms with E-state index in [-0.39, 0.29) is 16.8 Å². The minimum atomic E-state index is -1.25.